The number of benzene rings is 2. The van der Waals surface area contributed by atoms with E-state index in [1.807, 2.05) is 60.3 Å². The van der Waals surface area contributed by atoms with Gasteiger partial charge in [0.15, 0.2) is 0 Å². The summed E-state index contributed by atoms with van der Waals surface area (Å²) < 4.78 is 11.7. The highest BCUT2D eigenvalue weighted by atomic mass is 32.2. The van der Waals surface area contributed by atoms with E-state index >= 15 is 0 Å². The van der Waals surface area contributed by atoms with Crippen LogP contribution in [0, 0.1) is 0 Å². The van der Waals surface area contributed by atoms with Gasteiger partial charge in [-0.25, -0.2) is 0 Å². The Labute approximate surface area is 151 Å². The highest BCUT2D eigenvalue weighted by Crippen LogP contribution is 2.44. The molecule has 5 heteroatoms. The Morgan fingerprint density at radius 2 is 1.84 bits per heavy atom. The fraction of sp³-hybridized carbons (Fsp3) is 0.350. The summed E-state index contributed by atoms with van der Waals surface area (Å²) in [5, 5.41) is 3.14. The largest absolute Gasteiger partial charge is 0.457 e. The highest BCUT2D eigenvalue weighted by Gasteiger charge is 2.37. The molecule has 1 amide bonds. The highest BCUT2D eigenvalue weighted by molar-refractivity contribution is 7.99. The Hall–Kier alpha value is -1.98. The molecular weight excluding hydrogens is 334 g/mol. The molecule has 2 aliphatic rings. The Kier molecular flexibility index (Phi) is 4.44. The second kappa shape index (κ2) is 6.73. The van der Waals surface area contributed by atoms with Crippen LogP contribution in [0.25, 0.3) is 0 Å². The van der Waals surface area contributed by atoms with Crippen LogP contribution < -0.4 is 10.1 Å². The molecule has 1 N–H and O–H groups in total. The average molecular weight is 355 g/mol. The summed E-state index contributed by atoms with van der Waals surface area (Å²) in [4.78, 5) is 13.1. The zero-order chi connectivity index (χ0) is 17.3. The summed E-state index contributed by atoms with van der Waals surface area (Å²) in [5.74, 6) is 3.14. The van der Waals surface area contributed by atoms with E-state index in [0.717, 1.165) is 40.6 Å². The molecule has 0 radical (unpaired) electrons. The van der Waals surface area contributed by atoms with Gasteiger partial charge in [-0.15, -0.1) is 0 Å². The maximum Gasteiger partial charge on any atom is 0.232 e. The molecule has 0 unspecified atom stereocenters. The van der Waals surface area contributed by atoms with Crippen molar-refractivity contribution in [1.29, 1.82) is 0 Å². The van der Waals surface area contributed by atoms with E-state index in [2.05, 4.69) is 5.32 Å². The SMILES string of the molecule is CO[C@@]1(CNC(=O)C2c3ccccc3Oc3ccccc32)CCSC1. The predicted octanol–water partition coefficient (Wildman–Crippen LogP) is 3.56. The maximum absolute atomic E-state index is 13.1. The van der Waals surface area contributed by atoms with Crippen molar-refractivity contribution in [2.24, 2.45) is 0 Å². The lowest BCUT2D eigenvalue weighted by Crippen LogP contribution is -2.46. The molecule has 1 fully saturated rings. The first-order chi connectivity index (χ1) is 12.2. The van der Waals surface area contributed by atoms with E-state index in [0.29, 0.717) is 6.54 Å². The summed E-state index contributed by atoms with van der Waals surface area (Å²) in [6.07, 6.45) is 0.968. The molecule has 0 aromatic heterocycles. The van der Waals surface area contributed by atoms with E-state index in [-0.39, 0.29) is 17.4 Å². The van der Waals surface area contributed by atoms with Crippen LogP contribution in [-0.4, -0.2) is 36.7 Å². The fourth-order valence-corrected chi connectivity index (χ4v) is 4.90. The van der Waals surface area contributed by atoms with Gasteiger partial charge in [-0.1, -0.05) is 36.4 Å². The van der Waals surface area contributed by atoms with Crippen molar-refractivity contribution in [3.05, 3.63) is 59.7 Å². The monoisotopic (exact) mass is 355 g/mol. The van der Waals surface area contributed by atoms with Gasteiger partial charge in [0.25, 0.3) is 0 Å². The lowest BCUT2D eigenvalue weighted by atomic mass is 9.87. The van der Waals surface area contributed by atoms with Gasteiger partial charge in [0.05, 0.1) is 11.5 Å². The molecule has 4 nitrogen and oxygen atoms in total. The lowest BCUT2D eigenvalue weighted by molar-refractivity contribution is -0.123. The third-order valence-corrected chi connectivity index (χ3v) is 6.25. The summed E-state index contributed by atoms with van der Waals surface area (Å²) in [6.45, 7) is 0.539. The van der Waals surface area contributed by atoms with Crippen molar-refractivity contribution < 1.29 is 14.3 Å². The third kappa shape index (κ3) is 3.02. The number of hydrogen-bond acceptors (Lipinski definition) is 4. The van der Waals surface area contributed by atoms with Gasteiger partial charge in [-0.3, -0.25) is 4.79 Å². The lowest BCUT2D eigenvalue weighted by Gasteiger charge is -2.30. The smallest absolute Gasteiger partial charge is 0.232 e. The molecule has 0 saturated carbocycles. The average Bonchev–Trinajstić information content (AvgIpc) is 3.13. The minimum atomic E-state index is -0.357. The first-order valence-corrected chi connectivity index (χ1v) is 9.64. The molecule has 2 aliphatic heterocycles. The van der Waals surface area contributed by atoms with Crippen molar-refractivity contribution in [3.63, 3.8) is 0 Å². The number of carbonyl (C=O) groups excluding carboxylic acids is 1. The molecule has 2 aromatic carbocycles. The van der Waals surface area contributed by atoms with Crippen LogP contribution in [0.5, 0.6) is 11.5 Å². The number of methoxy groups -OCH3 is 1. The fourth-order valence-electron chi connectivity index (χ4n) is 3.50. The Bertz CT molecular complexity index is 741. The molecule has 0 spiro atoms. The van der Waals surface area contributed by atoms with E-state index in [4.69, 9.17) is 9.47 Å². The van der Waals surface area contributed by atoms with E-state index in [1.54, 1.807) is 7.11 Å². The number of hydrogen-bond donors (Lipinski definition) is 1. The standard InChI is InChI=1S/C20H21NO3S/c1-23-20(10-11-25-13-20)12-21-19(22)18-14-6-2-4-8-16(14)24-17-9-5-3-7-15(17)18/h2-9,18H,10-13H2,1H3,(H,21,22)/t20-/m1/s1. The Morgan fingerprint density at radius 1 is 1.20 bits per heavy atom. The van der Waals surface area contributed by atoms with Gasteiger partial charge >= 0.3 is 0 Å². The zero-order valence-electron chi connectivity index (χ0n) is 14.2. The molecule has 130 valence electrons. The molecule has 1 saturated heterocycles. The van der Waals surface area contributed by atoms with Crippen molar-refractivity contribution >= 4 is 17.7 Å². The molecule has 2 heterocycles. The van der Waals surface area contributed by atoms with Crippen molar-refractivity contribution in [2.45, 2.75) is 17.9 Å². The topological polar surface area (TPSA) is 47.6 Å². The van der Waals surface area contributed by atoms with Crippen LogP contribution >= 0.6 is 11.8 Å². The van der Waals surface area contributed by atoms with Gasteiger partial charge < -0.3 is 14.8 Å². The minimum absolute atomic E-state index is 0.00322. The molecular formula is C20H21NO3S. The number of amides is 1. The zero-order valence-corrected chi connectivity index (χ0v) is 15.0. The van der Waals surface area contributed by atoms with Crippen LogP contribution in [-0.2, 0) is 9.53 Å². The van der Waals surface area contributed by atoms with Gasteiger partial charge in [-0.05, 0) is 24.3 Å². The first kappa shape index (κ1) is 16.5. The van der Waals surface area contributed by atoms with E-state index in [9.17, 15) is 4.79 Å². The number of thioether (sulfide) groups is 1. The van der Waals surface area contributed by atoms with Crippen molar-refractivity contribution in [2.75, 3.05) is 25.2 Å². The summed E-state index contributed by atoms with van der Waals surface area (Å²) >= 11 is 1.87. The van der Waals surface area contributed by atoms with Gasteiger partial charge in [0, 0.05) is 30.5 Å². The molecule has 4 rings (SSSR count). The van der Waals surface area contributed by atoms with Crippen molar-refractivity contribution in [1.82, 2.24) is 5.32 Å². The number of carbonyl (C=O) groups is 1. The molecule has 25 heavy (non-hydrogen) atoms. The number of para-hydroxylation sites is 2. The van der Waals surface area contributed by atoms with Crippen LogP contribution in [0.4, 0.5) is 0 Å². The predicted molar refractivity (Wildman–Crippen MR) is 99.5 cm³/mol. The van der Waals surface area contributed by atoms with Crippen LogP contribution in [0.15, 0.2) is 48.5 Å². The maximum atomic E-state index is 13.1. The van der Waals surface area contributed by atoms with Crippen LogP contribution in [0.1, 0.15) is 23.5 Å². The Morgan fingerprint density at radius 3 is 2.40 bits per heavy atom. The van der Waals surface area contributed by atoms with E-state index < -0.39 is 0 Å². The summed E-state index contributed by atoms with van der Waals surface area (Å²) in [7, 11) is 1.73. The van der Waals surface area contributed by atoms with Crippen LogP contribution in [0.2, 0.25) is 0 Å². The number of ether oxygens (including phenoxy) is 2. The number of nitrogens with one attached hydrogen (secondary N) is 1. The minimum Gasteiger partial charge on any atom is -0.457 e. The van der Waals surface area contributed by atoms with Gasteiger partial charge in [0.2, 0.25) is 5.91 Å². The summed E-state index contributed by atoms with van der Waals surface area (Å²) in [5.41, 5.74) is 1.57. The van der Waals surface area contributed by atoms with Crippen molar-refractivity contribution in [3.8, 4) is 11.5 Å². The number of rotatable bonds is 4. The Balaban J connectivity index is 1.62. The van der Waals surface area contributed by atoms with E-state index in [1.165, 1.54) is 0 Å². The quantitative estimate of drug-likeness (QED) is 0.911. The molecule has 0 aliphatic carbocycles. The second-order valence-electron chi connectivity index (χ2n) is 6.52. The summed E-state index contributed by atoms with van der Waals surface area (Å²) in [6, 6.07) is 15.5. The number of fused-ring (bicyclic) bond motifs is 2. The second-order valence-corrected chi connectivity index (χ2v) is 7.62. The third-order valence-electron chi connectivity index (χ3n) is 5.03. The normalized spacial score (nSPS) is 22.0. The van der Waals surface area contributed by atoms with Gasteiger partial charge in [0.1, 0.15) is 11.5 Å². The van der Waals surface area contributed by atoms with Gasteiger partial charge in [-0.2, -0.15) is 11.8 Å². The first-order valence-electron chi connectivity index (χ1n) is 8.49. The van der Waals surface area contributed by atoms with Crippen LogP contribution in [0.3, 0.4) is 0 Å². The molecule has 1 atom stereocenters. The molecule has 2 aromatic rings. The molecule has 0 bridgehead atoms.